The van der Waals surface area contributed by atoms with Crippen LogP contribution in [0.25, 0.3) is 11.3 Å². The lowest BCUT2D eigenvalue weighted by Gasteiger charge is -2.09. The van der Waals surface area contributed by atoms with Crippen LogP contribution in [-0.4, -0.2) is 23.6 Å². The van der Waals surface area contributed by atoms with Gasteiger partial charge in [0.2, 0.25) is 5.95 Å². The summed E-state index contributed by atoms with van der Waals surface area (Å²) >= 11 is 0. The van der Waals surface area contributed by atoms with E-state index < -0.39 is 0 Å². The highest BCUT2D eigenvalue weighted by Gasteiger charge is 2.09. The van der Waals surface area contributed by atoms with Gasteiger partial charge in [-0.05, 0) is 30.7 Å². The molecule has 1 aromatic carbocycles. The number of rotatable bonds is 5. The van der Waals surface area contributed by atoms with Gasteiger partial charge in [0.1, 0.15) is 11.6 Å². The molecule has 5 heteroatoms. The number of ether oxygens (including phenoxy) is 1. The number of methoxy groups -OCH3 is 1. The maximum atomic E-state index is 13.4. The van der Waals surface area contributed by atoms with Crippen LogP contribution in [-0.2, 0) is 0 Å². The number of nitrogens with one attached hydrogen (secondary N) is 1. The standard InChI is InChI=1S/C14H16FN3O/c1-3-7-16-14-17-8-6-12(18-14)11-9-10(15)4-5-13(11)19-2/h4-6,8-9H,3,7H2,1-2H3,(H,16,17,18). The van der Waals surface area contributed by atoms with Crippen molar-refractivity contribution < 1.29 is 9.13 Å². The molecule has 0 aliphatic carbocycles. The van der Waals surface area contributed by atoms with Gasteiger partial charge in [0.25, 0.3) is 0 Å². The van der Waals surface area contributed by atoms with E-state index in [1.54, 1.807) is 25.4 Å². The highest BCUT2D eigenvalue weighted by atomic mass is 19.1. The SMILES string of the molecule is CCCNc1nccc(-c2cc(F)ccc2OC)n1. The van der Waals surface area contributed by atoms with Crippen LogP contribution in [0.5, 0.6) is 5.75 Å². The van der Waals surface area contributed by atoms with E-state index in [0.717, 1.165) is 13.0 Å². The zero-order valence-electron chi connectivity index (χ0n) is 11.0. The normalized spacial score (nSPS) is 10.3. The second-order valence-corrected chi connectivity index (χ2v) is 4.04. The first-order valence-electron chi connectivity index (χ1n) is 6.15. The molecule has 0 radical (unpaired) electrons. The zero-order chi connectivity index (χ0) is 13.7. The third-order valence-corrected chi connectivity index (χ3v) is 2.63. The van der Waals surface area contributed by atoms with Crippen LogP contribution in [0.2, 0.25) is 0 Å². The van der Waals surface area contributed by atoms with Crippen LogP contribution in [0.15, 0.2) is 30.5 Å². The van der Waals surface area contributed by atoms with Gasteiger partial charge in [-0.1, -0.05) is 6.92 Å². The fourth-order valence-corrected chi connectivity index (χ4v) is 1.71. The van der Waals surface area contributed by atoms with Crippen molar-refractivity contribution in [1.29, 1.82) is 0 Å². The van der Waals surface area contributed by atoms with Gasteiger partial charge in [0.15, 0.2) is 0 Å². The van der Waals surface area contributed by atoms with Crippen LogP contribution in [0.3, 0.4) is 0 Å². The Morgan fingerprint density at radius 1 is 1.32 bits per heavy atom. The highest BCUT2D eigenvalue weighted by Crippen LogP contribution is 2.29. The summed E-state index contributed by atoms with van der Waals surface area (Å²) in [5, 5.41) is 3.10. The minimum atomic E-state index is -0.322. The number of nitrogens with zero attached hydrogens (tertiary/aromatic N) is 2. The molecule has 1 aromatic heterocycles. The molecule has 0 amide bonds. The zero-order valence-corrected chi connectivity index (χ0v) is 11.0. The molecule has 19 heavy (non-hydrogen) atoms. The molecule has 0 aliphatic rings. The van der Waals surface area contributed by atoms with Gasteiger partial charge < -0.3 is 10.1 Å². The Balaban J connectivity index is 2.38. The lowest BCUT2D eigenvalue weighted by atomic mass is 10.1. The lowest BCUT2D eigenvalue weighted by Crippen LogP contribution is -2.04. The number of aromatic nitrogens is 2. The molecule has 0 aliphatic heterocycles. The van der Waals surface area contributed by atoms with Crippen molar-refractivity contribution in [1.82, 2.24) is 9.97 Å². The van der Waals surface area contributed by atoms with Crippen LogP contribution < -0.4 is 10.1 Å². The topological polar surface area (TPSA) is 47.0 Å². The third kappa shape index (κ3) is 3.19. The van der Waals surface area contributed by atoms with Crippen molar-refractivity contribution in [2.45, 2.75) is 13.3 Å². The Bertz CT molecular complexity index is 560. The number of halogens is 1. The van der Waals surface area contributed by atoms with E-state index >= 15 is 0 Å². The van der Waals surface area contributed by atoms with E-state index in [2.05, 4.69) is 22.2 Å². The summed E-state index contributed by atoms with van der Waals surface area (Å²) in [4.78, 5) is 8.48. The van der Waals surface area contributed by atoms with Crippen LogP contribution in [0.4, 0.5) is 10.3 Å². The second kappa shape index (κ2) is 6.13. The summed E-state index contributed by atoms with van der Waals surface area (Å²) in [6, 6.07) is 6.09. The smallest absolute Gasteiger partial charge is 0.223 e. The van der Waals surface area contributed by atoms with Gasteiger partial charge in [0.05, 0.1) is 12.8 Å². The van der Waals surface area contributed by atoms with Crippen molar-refractivity contribution in [2.75, 3.05) is 19.0 Å². The van der Waals surface area contributed by atoms with E-state index in [0.29, 0.717) is 23.0 Å². The van der Waals surface area contributed by atoms with Crippen molar-refractivity contribution in [3.8, 4) is 17.0 Å². The Kier molecular flexibility index (Phi) is 4.28. The Hall–Kier alpha value is -2.17. The summed E-state index contributed by atoms with van der Waals surface area (Å²) in [6.07, 6.45) is 2.63. The van der Waals surface area contributed by atoms with Crippen LogP contribution in [0, 0.1) is 5.82 Å². The molecule has 4 nitrogen and oxygen atoms in total. The minimum Gasteiger partial charge on any atom is -0.496 e. The fraction of sp³-hybridized carbons (Fsp3) is 0.286. The van der Waals surface area contributed by atoms with E-state index in [1.165, 1.54) is 12.1 Å². The first kappa shape index (κ1) is 13.3. The Morgan fingerprint density at radius 3 is 2.89 bits per heavy atom. The van der Waals surface area contributed by atoms with Crippen molar-refractivity contribution in [3.63, 3.8) is 0 Å². The maximum Gasteiger partial charge on any atom is 0.223 e. The van der Waals surface area contributed by atoms with E-state index in [1.807, 2.05) is 0 Å². The third-order valence-electron chi connectivity index (χ3n) is 2.63. The monoisotopic (exact) mass is 261 g/mol. The molecule has 0 fully saturated rings. The molecule has 0 unspecified atom stereocenters. The summed E-state index contributed by atoms with van der Waals surface area (Å²) in [5.41, 5.74) is 1.24. The minimum absolute atomic E-state index is 0.322. The van der Waals surface area contributed by atoms with E-state index in [9.17, 15) is 4.39 Å². The van der Waals surface area contributed by atoms with E-state index in [-0.39, 0.29) is 5.82 Å². The van der Waals surface area contributed by atoms with Crippen LogP contribution >= 0.6 is 0 Å². The van der Waals surface area contributed by atoms with Crippen molar-refractivity contribution >= 4 is 5.95 Å². The molecule has 2 aromatic rings. The van der Waals surface area contributed by atoms with Gasteiger partial charge >= 0.3 is 0 Å². The molecule has 100 valence electrons. The average Bonchev–Trinajstić information content (AvgIpc) is 2.45. The van der Waals surface area contributed by atoms with Gasteiger partial charge in [0, 0.05) is 18.3 Å². The van der Waals surface area contributed by atoms with Crippen molar-refractivity contribution in [2.24, 2.45) is 0 Å². The van der Waals surface area contributed by atoms with Gasteiger partial charge in [-0.25, -0.2) is 14.4 Å². The number of hydrogen-bond acceptors (Lipinski definition) is 4. The van der Waals surface area contributed by atoms with Crippen molar-refractivity contribution in [3.05, 3.63) is 36.3 Å². The lowest BCUT2D eigenvalue weighted by molar-refractivity contribution is 0.415. The molecular weight excluding hydrogens is 245 g/mol. The summed E-state index contributed by atoms with van der Waals surface area (Å²) in [5.74, 6) is 0.796. The number of benzene rings is 1. The molecular formula is C14H16FN3O. The van der Waals surface area contributed by atoms with Crippen LogP contribution in [0.1, 0.15) is 13.3 Å². The molecule has 0 spiro atoms. The molecule has 0 saturated heterocycles. The quantitative estimate of drug-likeness (QED) is 0.898. The largest absolute Gasteiger partial charge is 0.496 e. The van der Waals surface area contributed by atoms with Gasteiger partial charge in [-0.15, -0.1) is 0 Å². The summed E-state index contributed by atoms with van der Waals surface area (Å²) in [6.45, 7) is 2.86. The second-order valence-electron chi connectivity index (χ2n) is 4.04. The number of hydrogen-bond donors (Lipinski definition) is 1. The maximum absolute atomic E-state index is 13.4. The fourth-order valence-electron chi connectivity index (χ4n) is 1.71. The number of anilines is 1. The first-order chi connectivity index (χ1) is 9.24. The molecule has 0 atom stereocenters. The molecule has 2 rings (SSSR count). The predicted octanol–water partition coefficient (Wildman–Crippen LogP) is 3.11. The molecule has 0 saturated carbocycles. The average molecular weight is 261 g/mol. The highest BCUT2D eigenvalue weighted by molar-refractivity contribution is 5.67. The van der Waals surface area contributed by atoms with E-state index in [4.69, 9.17) is 4.74 Å². The predicted molar refractivity (Wildman–Crippen MR) is 72.8 cm³/mol. The van der Waals surface area contributed by atoms with Gasteiger partial charge in [-0.2, -0.15) is 0 Å². The molecule has 1 N–H and O–H groups in total. The molecule has 0 bridgehead atoms. The summed E-state index contributed by atoms with van der Waals surface area (Å²) in [7, 11) is 1.55. The Labute approximate surface area is 111 Å². The Morgan fingerprint density at radius 2 is 2.16 bits per heavy atom. The molecule has 1 heterocycles. The first-order valence-corrected chi connectivity index (χ1v) is 6.15. The van der Waals surface area contributed by atoms with Gasteiger partial charge in [-0.3, -0.25) is 0 Å². The summed E-state index contributed by atoms with van der Waals surface area (Å²) < 4.78 is 18.6.